The van der Waals surface area contributed by atoms with Crippen LogP contribution in [0, 0.1) is 0 Å². The number of likely N-dealkylation sites (tertiary alicyclic amines) is 1. The second-order valence-electron chi connectivity index (χ2n) is 7.96. The van der Waals surface area contributed by atoms with Gasteiger partial charge in [0.15, 0.2) is 0 Å². The van der Waals surface area contributed by atoms with Gasteiger partial charge in [-0.25, -0.2) is 9.59 Å². The number of rotatable bonds is 5. The second-order valence-corrected chi connectivity index (χ2v) is 8.82. The molecular weight excluding hydrogens is 414 g/mol. The number of nitrogens with zero attached hydrogens (tertiary/aromatic N) is 1. The summed E-state index contributed by atoms with van der Waals surface area (Å²) in [6, 6.07) is 4.97. The highest BCUT2D eigenvalue weighted by molar-refractivity contribution is 9.10. The molecule has 27 heavy (non-hydrogen) atoms. The Bertz CT molecular complexity index is 700. The fourth-order valence-electron chi connectivity index (χ4n) is 2.97. The number of carboxylic acid groups (broad SMARTS) is 1. The van der Waals surface area contributed by atoms with Crippen molar-refractivity contribution < 1.29 is 24.2 Å². The van der Waals surface area contributed by atoms with E-state index in [4.69, 9.17) is 9.47 Å². The van der Waals surface area contributed by atoms with Crippen molar-refractivity contribution in [3.8, 4) is 5.75 Å². The van der Waals surface area contributed by atoms with Crippen LogP contribution in [0.25, 0.3) is 0 Å². The summed E-state index contributed by atoms with van der Waals surface area (Å²) in [7, 11) is 0. The molecule has 1 aromatic rings. The average molecular weight is 442 g/mol. The summed E-state index contributed by atoms with van der Waals surface area (Å²) in [5.74, 6) is 0.0289. The Balaban J connectivity index is 2.12. The van der Waals surface area contributed by atoms with E-state index >= 15 is 0 Å². The molecule has 2 rings (SSSR count). The van der Waals surface area contributed by atoms with Gasteiger partial charge >= 0.3 is 12.1 Å². The van der Waals surface area contributed by atoms with Crippen molar-refractivity contribution in [3.05, 3.63) is 28.2 Å². The van der Waals surface area contributed by atoms with Gasteiger partial charge in [0.2, 0.25) is 0 Å². The van der Waals surface area contributed by atoms with Gasteiger partial charge in [0.25, 0.3) is 0 Å². The third kappa shape index (κ3) is 5.61. The Kier molecular flexibility index (Phi) is 6.78. The fourth-order valence-corrected chi connectivity index (χ4v) is 3.46. The molecule has 6 nitrogen and oxygen atoms in total. The summed E-state index contributed by atoms with van der Waals surface area (Å²) < 4.78 is 12.2. The molecule has 1 amide bonds. The normalized spacial score (nSPS) is 21.0. The monoisotopic (exact) mass is 441 g/mol. The summed E-state index contributed by atoms with van der Waals surface area (Å²) in [4.78, 5) is 25.2. The number of benzene rings is 1. The summed E-state index contributed by atoms with van der Waals surface area (Å²) in [6.07, 6.45) is 0.214. The Hall–Kier alpha value is -1.76. The van der Waals surface area contributed by atoms with E-state index in [1.54, 1.807) is 20.8 Å². The topological polar surface area (TPSA) is 76.1 Å². The van der Waals surface area contributed by atoms with E-state index in [0.29, 0.717) is 11.7 Å². The minimum atomic E-state index is -1.06. The van der Waals surface area contributed by atoms with Crippen LogP contribution >= 0.6 is 15.9 Å². The van der Waals surface area contributed by atoms with Gasteiger partial charge in [0.05, 0.1) is 11.0 Å². The van der Waals surface area contributed by atoms with Gasteiger partial charge < -0.3 is 14.6 Å². The first-order valence-corrected chi connectivity index (χ1v) is 9.99. The molecule has 1 unspecified atom stereocenters. The first-order chi connectivity index (χ1) is 12.5. The minimum Gasteiger partial charge on any atom is -0.487 e. The lowest BCUT2D eigenvalue weighted by atomic mass is 9.99. The van der Waals surface area contributed by atoms with E-state index in [-0.39, 0.29) is 13.0 Å². The number of carbonyl (C=O) groups is 2. The fraction of sp³-hybridized carbons (Fsp3) is 0.600. The number of hydrogen-bond acceptors (Lipinski definition) is 4. The van der Waals surface area contributed by atoms with Gasteiger partial charge in [-0.15, -0.1) is 0 Å². The molecule has 0 aliphatic carbocycles. The largest absolute Gasteiger partial charge is 0.487 e. The zero-order valence-corrected chi connectivity index (χ0v) is 18.1. The average Bonchev–Trinajstić information content (AvgIpc) is 2.99. The number of hydrogen-bond donors (Lipinski definition) is 1. The first-order valence-electron chi connectivity index (χ1n) is 9.20. The standard InChI is InChI=1S/C20H28BrNO5/c1-6-12(2)13-7-8-17(15(21)9-13)26-14-10-16(18(23)24)22(11-14)19(25)27-20(3,4)5/h7-9,12,14,16H,6,10-11H2,1-5H3,(H,23,24)/t12?,14-,16-/m0/s1. The lowest BCUT2D eigenvalue weighted by Gasteiger charge is -2.26. The molecule has 0 bridgehead atoms. The highest BCUT2D eigenvalue weighted by atomic mass is 79.9. The molecule has 3 atom stereocenters. The molecule has 1 saturated heterocycles. The molecule has 1 fully saturated rings. The Morgan fingerprint density at radius 3 is 2.56 bits per heavy atom. The molecule has 0 saturated carbocycles. The van der Waals surface area contributed by atoms with Crippen LogP contribution < -0.4 is 4.74 Å². The first kappa shape index (κ1) is 21.5. The summed E-state index contributed by atoms with van der Waals surface area (Å²) >= 11 is 3.53. The van der Waals surface area contributed by atoms with Crippen molar-refractivity contribution in [2.45, 2.75) is 71.1 Å². The van der Waals surface area contributed by atoms with Crippen molar-refractivity contribution >= 4 is 28.0 Å². The lowest BCUT2D eigenvalue weighted by Crippen LogP contribution is -2.43. The van der Waals surface area contributed by atoms with Crippen LogP contribution in [0.1, 0.15) is 58.9 Å². The van der Waals surface area contributed by atoms with E-state index < -0.39 is 29.8 Å². The molecule has 1 aliphatic heterocycles. The maximum Gasteiger partial charge on any atom is 0.411 e. The SMILES string of the molecule is CCC(C)c1ccc(O[C@H]2C[C@@H](C(=O)O)N(C(=O)OC(C)(C)C)C2)c(Br)c1. The van der Waals surface area contributed by atoms with Crippen molar-refractivity contribution in [2.24, 2.45) is 0 Å². The number of aliphatic carboxylic acids is 1. The number of halogens is 1. The van der Waals surface area contributed by atoms with E-state index in [2.05, 4.69) is 29.8 Å². The highest BCUT2D eigenvalue weighted by Gasteiger charge is 2.42. The predicted octanol–water partition coefficient (Wildman–Crippen LogP) is 4.80. The van der Waals surface area contributed by atoms with Crippen molar-refractivity contribution in [3.63, 3.8) is 0 Å². The van der Waals surface area contributed by atoms with Crippen LogP contribution in [0.15, 0.2) is 22.7 Å². The minimum absolute atomic E-state index is 0.172. The Labute approximate surface area is 169 Å². The molecule has 1 aromatic carbocycles. The smallest absolute Gasteiger partial charge is 0.411 e. The molecule has 1 aliphatic rings. The van der Waals surface area contributed by atoms with Crippen LogP contribution in [-0.2, 0) is 9.53 Å². The van der Waals surface area contributed by atoms with Crippen LogP contribution in [0.3, 0.4) is 0 Å². The van der Waals surface area contributed by atoms with Crippen molar-refractivity contribution in [2.75, 3.05) is 6.54 Å². The summed E-state index contributed by atoms with van der Waals surface area (Å²) in [5.41, 5.74) is 0.524. The predicted molar refractivity (Wildman–Crippen MR) is 106 cm³/mol. The zero-order valence-electron chi connectivity index (χ0n) is 16.5. The Morgan fingerprint density at radius 1 is 1.37 bits per heavy atom. The summed E-state index contributed by atoms with van der Waals surface area (Å²) in [6.45, 7) is 9.72. The highest BCUT2D eigenvalue weighted by Crippen LogP contribution is 2.33. The van der Waals surface area contributed by atoms with Gasteiger partial charge in [-0.3, -0.25) is 4.90 Å². The van der Waals surface area contributed by atoms with Crippen LogP contribution in [0.5, 0.6) is 5.75 Å². The van der Waals surface area contributed by atoms with E-state index in [1.807, 2.05) is 18.2 Å². The molecule has 0 spiro atoms. The number of carboxylic acids is 1. The molecule has 7 heteroatoms. The van der Waals surface area contributed by atoms with Crippen LogP contribution in [-0.4, -0.2) is 46.4 Å². The van der Waals surface area contributed by atoms with Crippen molar-refractivity contribution in [1.29, 1.82) is 0 Å². The van der Waals surface area contributed by atoms with Gasteiger partial charge in [-0.05, 0) is 66.7 Å². The quantitative estimate of drug-likeness (QED) is 0.709. The Morgan fingerprint density at radius 2 is 2.04 bits per heavy atom. The molecule has 0 radical (unpaired) electrons. The van der Waals surface area contributed by atoms with E-state index in [9.17, 15) is 14.7 Å². The molecule has 1 heterocycles. The van der Waals surface area contributed by atoms with Crippen LogP contribution in [0.2, 0.25) is 0 Å². The summed E-state index contributed by atoms with van der Waals surface area (Å²) in [5, 5.41) is 9.48. The van der Waals surface area contributed by atoms with Gasteiger partial charge in [0.1, 0.15) is 23.5 Å². The zero-order chi connectivity index (χ0) is 20.4. The maximum absolute atomic E-state index is 12.4. The molecule has 1 N–H and O–H groups in total. The lowest BCUT2D eigenvalue weighted by molar-refractivity contribution is -0.142. The number of amides is 1. The second kappa shape index (κ2) is 8.50. The number of carbonyl (C=O) groups excluding carboxylic acids is 1. The third-order valence-corrected chi connectivity index (χ3v) is 5.23. The maximum atomic E-state index is 12.4. The van der Waals surface area contributed by atoms with E-state index in [1.165, 1.54) is 10.5 Å². The van der Waals surface area contributed by atoms with E-state index in [0.717, 1.165) is 10.9 Å². The van der Waals surface area contributed by atoms with Gasteiger partial charge in [0, 0.05) is 6.42 Å². The molecular formula is C20H28BrNO5. The van der Waals surface area contributed by atoms with Crippen molar-refractivity contribution in [1.82, 2.24) is 4.90 Å². The number of ether oxygens (including phenoxy) is 2. The van der Waals surface area contributed by atoms with Crippen LogP contribution in [0.4, 0.5) is 4.79 Å². The van der Waals surface area contributed by atoms with Gasteiger partial charge in [-0.2, -0.15) is 0 Å². The van der Waals surface area contributed by atoms with Gasteiger partial charge in [-0.1, -0.05) is 19.9 Å². The molecule has 0 aromatic heterocycles. The third-order valence-electron chi connectivity index (χ3n) is 4.61. The molecule has 150 valence electrons.